The van der Waals surface area contributed by atoms with Gasteiger partial charge < -0.3 is 0 Å². The van der Waals surface area contributed by atoms with Crippen molar-refractivity contribution >= 4 is 26.0 Å². The van der Waals surface area contributed by atoms with Gasteiger partial charge in [0.15, 0.2) is 0 Å². The third-order valence-electron chi connectivity index (χ3n) is 3.58. The molecule has 0 spiro atoms. The molecule has 1 aromatic carbocycles. The zero-order chi connectivity index (χ0) is 13.2. The second-order valence-electron chi connectivity index (χ2n) is 4.71. The van der Waals surface area contributed by atoms with E-state index in [-0.39, 0.29) is 0 Å². The van der Waals surface area contributed by atoms with Crippen molar-refractivity contribution in [2.75, 3.05) is 13.1 Å². The van der Waals surface area contributed by atoms with Gasteiger partial charge in [-0.15, -0.1) is 0 Å². The molecular weight excluding hydrogens is 314 g/mol. The van der Waals surface area contributed by atoms with E-state index in [4.69, 9.17) is 0 Å². The molecule has 0 aromatic heterocycles. The molecule has 1 saturated heterocycles. The van der Waals surface area contributed by atoms with Gasteiger partial charge in [0.1, 0.15) is 0 Å². The fourth-order valence-corrected chi connectivity index (χ4v) is 4.40. The van der Waals surface area contributed by atoms with E-state index < -0.39 is 10.0 Å². The minimum atomic E-state index is -3.31. The van der Waals surface area contributed by atoms with E-state index in [1.54, 1.807) is 22.5 Å². The lowest BCUT2D eigenvalue weighted by Crippen LogP contribution is -2.38. The summed E-state index contributed by atoms with van der Waals surface area (Å²) >= 11 is 3.32. The third-order valence-corrected chi connectivity index (χ3v) is 5.97. The van der Waals surface area contributed by atoms with Crippen LogP contribution in [0.3, 0.4) is 0 Å². The molecular formula is C13H18BrNO2S. The Hall–Kier alpha value is -0.390. The van der Waals surface area contributed by atoms with Gasteiger partial charge in [0.25, 0.3) is 0 Å². The van der Waals surface area contributed by atoms with Gasteiger partial charge in [-0.05, 0) is 37.0 Å². The van der Waals surface area contributed by atoms with Gasteiger partial charge in [-0.2, -0.15) is 4.31 Å². The Bertz CT molecular complexity index is 507. The molecule has 1 aliphatic rings. The van der Waals surface area contributed by atoms with Gasteiger partial charge >= 0.3 is 0 Å². The molecule has 18 heavy (non-hydrogen) atoms. The summed E-state index contributed by atoms with van der Waals surface area (Å²) in [6.45, 7) is 3.46. The van der Waals surface area contributed by atoms with Crippen LogP contribution in [-0.4, -0.2) is 25.8 Å². The van der Waals surface area contributed by atoms with Crippen molar-refractivity contribution in [1.82, 2.24) is 4.31 Å². The lowest BCUT2D eigenvalue weighted by atomic mass is 9.96. The maximum atomic E-state index is 12.4. The molecule has 0 bridgehead atoms. The number of hydrogen-bond acceptors (Lipinski definition) is 2. The van der Waals surface area contributed by atoms with E-state index in [9.17, 15) is 8.42 Å². The molecule has 0 N–H and O–H groups in total. The van der Waals surface area contributed by atoms with Gasteiger partial charge in [0, 0.05) is 17.6 Å². The smallest absolute Gasteiger partial charge is 0.207 e. The standard InChI is InChI=1S/C13H18BrNO2S/c1-2-11-6-8-15(9-7-11)18(16,17)13-5-3-4-12(14)10-13/h3-5,10-11H,2,6-9H2,1H3. The van der Waals surface area contributed by atoms with E-state index in [1.165, 1.54) is 0 Å². The van der Waals surface area contributed by atoms with Crippen molar-refractivity contribution in [3.63, 3.8) is 0 Å². The lowest BCUT2D eigenvalue weighted by molar-refractivity contribution is 0.269. The Morgan fingerprint density at radius 3 is 2.56 bits per heavy atom. The summed E-state index contributed by atoms with van der Waals surface area (Å²) in [6, 6.07) is 6.92. The van der Waals surface area contributed by atoms with E-state index in [0.29, 0.717) is 23.9 Å². The van der Waals surface area contributed by atoms with Crippen LogP contribution in [0.5, 0.6) is 0 Å². The van der Waals surface area contributed by atoms with Crippen molar-refractivity contribution in [2.24, 2.45) is 5.92 Å². The first kappa shape index (κ1) is 14.0. The summed E-state index contributed by atoms with van der Waals surface area (Å²) < 4.78 is 27.3. The first-order valence-electron chi connectivity index (χ1n) is 6.29. The predicted molar refractivity (Wildman–Crippen MR) is 75.9 cm³/mol. The van der Waals surface area contributed by atoms with Crippen molar-refractivity contribution < 1.29 is 8.42 Å². The summed E-state index contributed by atoms with van der Waals surface area (Å²) in [5, 5.41) is 0. The zero-order valence-corrected chi connectivity index (χ0v) is 12.9. The highest BCUT2D eigenvalue weighted by molar-refractivity contribution is 9.10. The maximum Gasteiger partial charge on any atom is 0.243 e. The fourth-order valence-electron chi connectivity index (χ4n) is 2.33. The van der Waals surface area contributed by atoms with Crippen molar-refractivity contribution in [2.45, 2.75) is 31.1 Å². The van der Waals surface area contributed by atoms with Crippen LogP contribution in [0.4, 0.5) is 0 Å². The highest BCUT2D eigenvalue weighted by atomic mass is 79.9. The van der Waals surface area contributed by atoms with Crippen LogP contribution in [0.15, 0.2) is 33.6 Å². The second kappa shape index (κ2) is 5.72. The van der Waals surface area contributed by atoms with Crippen LogP contribution in [0.1, 0.15) is 26.2 Å². The van der Waals surface area contributed by atoms with E-state index in [1.807, 2.05) is 6.07 Å². The number of sulfonamides is 1. The predicted octanol–water partition coefficient (Wildman–Crippen LogP) is 3.26. The van der Waals surface area contributed by atoms with Gasteiger partial charge in [-0.3, -0.25) is 0 Å². The summed E-state index contributed by atoms with van der Waals surface area (Å²) in [5.41, 5.74) is 0. The third kappa shape index (κ3) is 2.95. The molecule has 0 saturated carbocycles. The molecule has 3 nitrogen and oxygen atoms in total. The maximum absolute atomic E-state index is 12.4. The second-order valence-corrected chi connectivity index (χ2v) is 7.57. The highest BCUT2D eigenvalue weighted by Gasteiger charge is 2.28. The quantitative estimate of drug-likeness (QED) is 0.852. The number of rotatable bonds is 3. The van der Waals surface area contributed by atoms with Crippen LogP contribution in [0.25, 0.3) is 0 Å². The van der Waals surface area contributed by atoms with E-state index >= 15 is 0 Å². The highest BCUT2D eigenvalue weighted by Crippen LogP contribution is 2.26. The summed E-state index contributed by atoms with van der Waals surface area (Å²) in [5.74, 6) is 0.680. The van der Waals surface area contributed by atoms with Gasteiger partial charge in [-0.1, -0.05) is 35.3 Å². The molecule has 2 rings (SSSR count). The normalized spacial score (nSPS) is 19.0. The van der Waals surface area contributed by atoms with Crippen LogP contribution < -0.4 is 0 Å². The first-order valence-corrected chi connectivity index (χ1v) is 8.53. The molecule has 0 unspecified atom stereocenters. The topological polar surface area (TPSA) is 37.4 Å². The van der Waals surface area contributed by atoms with Gasteiger partial charge in [-0.25, -0.2) is 8.42 Å². The first-order chi connectivity index (χ1) is 8.54. The van der Waals surface area contributed by atoms with Gasteiger partial charge in [0.05, 0.1) is 4.90 Å². The SMILES string of the molecule is CCC1CCN(S(=O)(=O)c2cccc(Br)c2)CC1. The molecule has 100 valence electrons. The van der Waals surface area contributed by atoms with Gasteiger partial charge in [0.2, 0.25) is 10.0 Å². The molecule has 0 amide bonds. The number of benzene rings is 1. The van der Waals surface area contributed by atoms with Crippen LogP contribution >= 0.6 is 15.9 Å². The monoisotopic (exact) mass is 331 g/mol. The average Bonchev–Trinajstić information content (AvgIpc) is 2.39. The number of halogens is 1. The lowest BCUT2D eigenvalue weighted by Gasteiger charge is -2.30. The molecule has 1 aliphatic heterocycles. The molecule has 0 radical (unpaired) electrons. The minimum Gasteiger partial charge on any atom is -0.207 e. The molecule has 1 fully saturated rings. The molecule has 5 heteroatoms. The van der Waals surface area contributed by atoms with Crippen LogP contribution in [0, 0.1) is 5.92 Å². The summed E-state index contributed by atoms with van der Waals surface area (Å²) in [4.78, 5) is 0.381. The van der Waals surface area contributed by atoms with Crippen LogP contribution in [-0.2, 0) is 10.0 Å². The Balaban J connectivity index is 2.17. The zero-order valence-electron chi connectivity index (χ0n) is 10.5. The summed E-state index contributed by atoms with van der Waals surface area (Å²) in [7, 11) is -3.31. The summed E-state index contributed by atoms with van der Waals surface area (Å²) in [6.07, 6.45) is 3.10. The fraction of sp³-hybridized carbons (Fsp3) is 0.538. The number of hydrogen-bond donors (Lipinski definition) is 0. The van der Waals surface area contributed by atoms with E-state index in [2.05, 4.69) is 22.9 Å². The van der Waals surface area contributed by atoms with Crippen molar-refractivity contribution in [1.29, 1.82) is 0 Å². The minimum absolute atomic E-state index is 0.381. The Labute approximate surface area is 117 Å². The van der Waals surface area contributed by atoms with Crippen LogP contribution in [0.2, 0.25) is 0 Å². The van der Waals surface area contributed by atoms with Crippen molar-refractivity contribution in [3.05, 3.63) is 28.7 Å². The average molecular weight is 332 g/mol. The molecule has 1 heterocycles. The molecule has 0 atom stereocenters. The van der Waals surface area contributed by atoms with E-state index in [0.717, 1.165) is 23.7 Å². The van der Waals surface area contributed by atoms with Crippen molar-refractivity contribution in [3.8, 4) is 0 Å². The molecule has 0 aliphatic carbocycles. The Morgan fingerprint density at radius 2 is 2.00 bits per heavy atom. The number of piperidine rings is 1. The number of nitrogens with zero attached hydrogens (tertiary/aromatic N) is 1. The Kier molecular flexibility index (Phi) is 4.45. The largest absolute Gasteiger partial charge is 0.243 e. The Morgan fingerprint density at radius 1 is 1.33 bits per heavy atom. The molecule has 1 aromatic rings.